The Kier molecular flexibility index (Phi) is 2.79. The zero-order chi connectivity index (χ0) is 10.1. The normalized spacial score (nSPS) is 10.8. The molecule has 0 aromatic carbocycles. The Morgan fingerprint density at radius 2 is 2.00 bits per heavy atom. The summed E-state index contributed by atoms with van der Waals surface area (Å²) in [5, 5.41) is 0.609. The molecular weight excluding hydrogens is 196 g/mol. The second-order valence-electron chi connectivity index (χ2n) is 3.96. The molecule has 0 bridgehead atoms. The lowest BCUT2D eigenvalue weighted by Gasteiger charge is -2.02. The Balaban J connectivity index is 2.96. The maximum Gasteiger partial charge on any atom is 0.181 e. The number of aromatic nitrogens is 1. The minimum Gasteiger partial charge on any atom is -0.375 e. The molecule has 0 saturated heterocycles. The molecule has 0 spiro atoms. The number of rotatable bonds is 0. The maximum absolute atomic E-state index is 5.57. The number of nitrogen functional groups attached to an aromatic ring is 1. The maximum atomic E-state index is 5.57. The summed E-state index contributed by atoms with van der Waals surface area (Å²) >= 11 is 1.50. The monoisotopic (exact) mass is 210 g/mol. The molecule has 1 heterocycles. The van der Waals surface area contributed by atoms with E-state index in [-0.39, 0.29) is 0 Å². The van der Waals surface area contributed by atoms with Crippen LogP contribution >= 0.6 is 11.3 Å². The molecule has 0 saturated carbocycles. The molecule has 2 nitrogen and oxygen atoms in total. The number of aryl methyl sites for hydroxylation is 1. The zero-order valence-electron chi connectivity index (χ0n) is 8.43. The van der Waals surface area contributed by atoms with E-state index in [4.69, 9.17) is 5.73 Å². The van der Waals surface area contributed by atoms with Crippen molar-refractivity contribution < 1.29 is 0 Å². The first-order valence-corrected chi connectivity index (χ1v) is 8.46. The van der Waals surface area contributed by atoms with Gasteiger partial charge < -0.3 is 5.73 Å². The molecule has 0 atom stereocenters. The summed E-state index contributed by atoms with van der Waals surface area (Å²) in [5.74, 6) is 3.10. The lowest BCUT2D eigenvalue weighted by Crippen LogP contribution is -2.16. The van der Waals surface area contributed by atoms with Crippen molar-refractivity contribution in [1.29, 1.82) is 0 Å². The number of anilines is 1. The van der Waals surface area contributed by atoms with Gasteiger partial charge in [-0.3, -0.25) is 0 Å². The van der Waals surface area contributed by atoms with E-state index in [1.54, 1.807) is 0 Å². The Morgan fingerprint density at radius 3 is 2.38 bits per heavy atom. The first-order chi connectivity index (χ1) is 5.88. The van der Waals surface area contributed by atoms with Gasteiger partial charge in [-0.05, 0) is 6.92 Å². The third-order valence-electron chi connectivity index (χ3n) is 1.37. The summed E-state index contributed by atoms with van der Waals surface area (Å²) in [7, 11) is -1.29. The first-order valence-electron chi connectivity index (χ1n) is 4.14. The number of hydrogen-bond donors (Lipinski definition) is 1. The van der Waals surface area contributed by atoms with Crippen molar-refractivity contribution in [3.63, 3.8) is 0 Å². The zero-order valence-corrected chi connectivity index (χ0v) is 10.2. The van der Waals surface area contributed by atoms with Gasteiger partial charge >= 0.3 is 0 Å². The molecule has 0 aliphatic carbocycles. The highest BCUT2D eigenvalue weighted by atomic mass is 32.1. The summed E-state index contributed by atoms with van der Waals surface area (Å²) in [6.07, 6.45) is 0. The van der Waals surface area contributed by atoms with E-state index in [2.05, 4.69) is 36.1 Å². The van der Waals surface area contributed by atoms with Crippen molar-refractivity contribution in [1.82, 2.24) is 4.98 Å². The Morgan fingerprint density at radius 1 is 1.38 bits per heavy atom. The molecule has 1 aromatic heterocycles. The van der Waals surface area contributed by atoms with Crippen LogP contribution in [0.3, 0.4) is 0 Å². The SMILES string of the molecule is Cc1sc(N)nc1C#C[Si](C)(C)C. The number of nitrogens with two attached hydrogens (primary N) is 1. The van der Waals surface area contributed by atoms with E-state index < -0.39 is 8.07 Å². The van der Waals surface area contributed by atoms with Crippen LogP contribution in [0.2, 0.25) is 19.6 Å². The first kappa shape index (κ1) is 10.3. The smallest absolute Gasteiger partial charge is 0.181 e. The number of hydrogen-bond acceptors (Lipinski definition) is 3. The number of thiazole rings is 1. The average Bonchev–Trinajstić information content (AvgIpc) is 2.24. The van der Waals surface area contributed by atoms with Gasteiger partial charge in [0.05, 0.1) is 0 Å². The van der Waals surface area contributed by atoms with Crippen LogP contribution in [-0.2, 0) is 0 Å². The van der Waals surface area contributed by atoms with E-state index in [1.165, 1.54) is 11.3 Å². The van der Waals surface area contributed by atoms with Gasteiger partial charge in [0, 0.05) is 4.88 Å². The number of nitrogens with zero attached hydrogens (tertiary/aromatic N) is 1. The van der Waals surface area contributed by atoms with Crippen LogP contribution in [0.25, 0.3) is 0 Å². The molecule has 1 aromatic rings. The highest BCUT2D eigenvalue weighted by Crippen LogP contribution is 2.17. The van der Waals surface area contributed by atoms with Crippen LogP contribution in [0.5, 0.6) is 0 Å². The topological polar surface area (TPSA) is 38.9 Å². The van der Waals surface area contributed by atoms with Crippen molar-refractivity contribution in [2.45, 2.75) is 26.6 Å². The second kappa shape index (κ2) is 3.52. The average molecular weight is 210 g/mol. The molecular formula is C9H14N2SSi. The molecule has 0 unspecified atom stereocenters. The summed E-state index contributed by atoms with van der Waals surface area (Å²) < 4.78 is 0. The summed E-state index contributed by atoms with van der Waals surface area (Å²) in [4.78, 5) is 5.27. The molecule has 0 fully saturated rings. The van der Waals surface area contributed by atoms with Crippen molar-refractivity contribution in [2.75, 3.05) is 5.73 Å². The van der Waals surface area contributed by atoms with E-state index in [0.29, 0.717) is 5.13 Å². The van der Waals surface area contributed by atoms with Crippen molar-refractivity contribution in [3.05, 3.63) is 10.6 Å². The van der Waals surface area contributed by atoms with Crippen molar-refractivity contribution in [3.8, 4) is 11.5 Å². The highest BCUT2D eigenvalue weighted by Gasteiger charge is 2.08. The van der Waals surface area contributed by atoms with E-state index >= 15 is 0 Å². The van der Waals surface area contributed by atoms with Gasteiger partial charge in [-0.1, -0.05) is 25.6 Å². The molecule has 0 aliphatic rings. The summed E-state index contributed by atoms with van der Waals surface area (Å²) in [5.41, 5.74) is 9.69. The minimum atomic E-state index is -1.29. The highest BCUT2D eigenvalue weighted by molar-refractivity contribution is 7.15. The second-order valence-corrected chi connectivity index (χ2v) is 9.94. The largest absolute Gasteiger partial charge is 0.375 e. The van der Waals surface area contributed by atoms with E-state index in [0.717, 1.165) is 10.6 Å². The van der Waals surface area contributed by atoms with Gasteiger partial charge in [-0.25, -0.2) is 4.98 Å². The van der Waals surface area contributed by atoms with Gasteiger partial charge in [0.15, 0.2) is 5.13 Å². The van der Waals surface area contributed by atoms with Gasteiger partial charge in [0.25, 0.3) is 0 Å². The van der Waals surface area contributed by atoms with Gasteiger partial charge in [0.1, 0.15) is 13.8 Å². The van der Waals surface area contributed by atoms with E-state index in [1.807, 2.05) is 6.92 Å². The molecule has 1 rings (SSSR count). The molecule has 0 amide bonds. The fraction of sp³-hybridized carbons (Fsp3) is 0.444. The molecule has 70 valence electrons. The predicted molar refractivity (Wildman–Crippen MR) is 61.5 cm³/mol. The molecule has 2 N–H and O–H groups in total. The molecule has 4 heteroatoms. The van der Waals surface area contributed by atoms with Crippen LogP contribution in [0, 0.1) is 18.4 Å². The Hall–Kier alpha value is -0.793. The van der Waals surface area contributed by atoms with Crippen LogP contribution in [0.4, 0.5) is 5.13 Å². The van der Waals surface area contributed by atoms with Gasteiger partial charge in [-0.15, -0.1) is 16.9 Å². The summed E-state index contributed by atoms with van der Waals surface area (Å²) in [6, 6.07) is 0. The Bertz CT molecular complexity index is 365. The molecule has 0 aliphatic heterocycles. The van der Waals surface area contributed by atoms with Crippen LogP contribution < -0.4 is 5.73 Å². The van der Waals surface area contributed by atoms with Crippen LogP contribution in [0.1, 0.15) is 10.6 Å². The van der Waals surface area contributed by atoms with Crippen LogP contribution in [-0.4, -0.2) is 13.1 Å². The van der Waals surface area contributed by atoms with Gasteiger partial charge in [-0.2, -0.15) is 0 Å². The quantitative estimate of drug-likeness (QED) is 0.527. The summed E-state index contributed by atoms with van der Waals surface area (Å²) in [6.45, 7) is 8.64. The lowest BCUT2D eigenvalue weighted by atomic mass is 10.4. The van der Waals surface area contributed by atoms with Crippen LogP contribution in [0.15, 0.2) is 0 Å². The Labute approximate surface area is 84.2 Å². The fourth-order valence-electron chi connectivity index (χ4n) is 0.780. The lowest BCUT2D eigenvalue weighted by molar-refractivity contribution is 1.34. The third-order valence-corrected chi connectivity index (χ3v) is 3.04. The standard InChI is InChI=1S/C9H14N2SSi/c1-7-8(11-9(10)12-7)5-6-13(2,3)4/h1-4H3,(H2,10,11). The predicted octanol–water partition coefficient (Wildman–Crippen LogP) is 2.26. The van der Waals surface area contributed by atoms with Gasteiger partial charge in [0.2, 0.25) is 0 Å². The third kappa shape index (κ3) is 3.21. The molecule has 13 heavy (non-hydrogen) atoms. The van der Waals surface area contributed by atoms with Crippen molar-refractivity contribution >= 4 is 24.5 Å². The molecule has 0 radical (unpaired) electrons. The van der Waals surface area contributed by atoms with Crippen molar-refractivity contribution in [2.24, 2.45) is 0 Å². The minimum absolute atomic E-state index is 0.609. The fourth-order valence-corrected chi connectivity index (χ4v) is 1.92. The van der Waals surface area contributed by atoms with E-state index in [9.17, 15) is 0 Å².